The molecular formula is C13H16Cl3N3O2S. The van der Waals surface area contributed by atoms with Crippen LogP contribution in [0.4, 0.5) is 10.5 Å². The van der Waals surface area contributed by atoms with Crippen molar-refractivity contribution in [3.05, 3.63) is 24.3 Å². The fourth-order valence-electron chi connectivity index (χ4n) is 2.08. The van der Waals surface area contributed by atoms with Gasteiger partial charge in [0.25, 0.3) is 3.12 Å². The fraction of sp³-hybridized carbons (Fsp3) is 0.462. The number of ether oxygens (including phenoxy) is 1. The lowest BCUT2D eigenvalue weighted by Gasteiger charge is -2.25. The number of nitrogens with one attached hydrogen (secondary N) is 1. The van der Waals surface area contributed by atoms with Gasteiger partial charge >= 0.3 is 6.03 Å². The summed E-state index contributed by atoms with van der Waals surface area (Å²) in [6.07, 6.45) is -0.235. The number of rotatable bonds is 4. The van der Waals surface area contributed by atoms with Gasteiger partial charge in [0.2, 0.25) is 0 Å². The molecule has 2 rings (SSSR count). The molecule has 22 heavy (non-hydrogen) atoms. The highest BCUT2D eigenvalue weighted by Crippen LogP contribution is 2.42. The Balaban J connectivity index is 2.27. The van der Waals surface area contributed by atoms with Gasteiger partial charge in [0.1, 0.15) is 11.9 Å². The SMILES string of the molecule is COc1ccc(N2C(=O)N(SC(Cl)(Cl)Cl)NC2C(C)C)cc1. The van der Waals surface area contributed by atoms with Crippen LogP contribution in [0.1, 0.15) is 13.8 Å². The maximum atomic E-state index is 12.6. The van der Waals surface area contributed by atoms with Gasteiger partial charge in [-0.25, -0.2) is 4.79 Å². The average Bonchev–Trinajstić information content (AvgIpc) is 2.74. The lowest BCUT2D eigenvalue weighted by atomic mass is 10.1. The van der Waals surface area contributed by atoms with Crippen LogP contribution in [0.25, 0.3) is 0 Å². The summed E-state index contributed by atoms with van der Waals surface area (Å²) < 4.78 is 4.76. The molecule has 0 spiro atoms. The van der Waals surface area contributed by atoms with E-state index >= 15 is 0 Å². The minimum Gasteiger partial charge on any atom is -0.497 e. The largest absolute Gasteiger partial charge is 0.497 e. The third-order valence-corrected chi connectivity index (χ3v) is 4.36. The molecule has 9 heteroatoms. The van der Waals surface area contributed by atoms with Crippen LogP contribution in [0.2, 0.25) is 0 Å². The molecule has 1 saturated heterocycles. The maximum absolute atomic E-state index is 12.6. The van der Waals surface area contributed by atoms with E-state index in [1.807, 2.05) is 26.0 Å². The normalized spacial score (nSPS) is 19.2. The molecule has 0 aliphatic carbocycles. The molecule has 122 valence electrons. The number of hydrazine groups is 1. The summed E-state index contributed by atoms with van der Waals surface area (Å²) in [5.74, 6) is 0.879. The first-order valence-electron chi connectivity index (χ1n) is 6.52. The Morgan fingerprint density at radius 1 is 1.27 bits per heavy atom. The van der Waals surface area contributed by atoms with Crippen LogP contribution in [0.5, 0.6) is 5.75 Å². The molecule has 1 N–H and O–H groups in total. The van der Waals surface area contributed by atoms with Crippen molar-refractivity contribution in [2.75, 3.05) is 12.0 Å². The van der Waals surface area contributed by atoms with Gasteiger partial charge in [0, 0.05) is 17.6 Å². The van der Waals surface area contributed by atoms with Gasteiger partial charge in [-0.1, -0.05) is 48.7 Å². The first-order valence-corrected chi connectivity index (χ1v) is 8.43. The van der Waals surface area contributed by atoms with E-state index in [9.17, 15) is 4.79 Å². The number of benzene rings is 1. The van der Waals surface area contributed by atoms with Crippen LogP contribution in [0.15, 0.2) is 24.3 Å². The molecule has 0 radical (unpaired) electrons. The summed E-state index contributed by atoms with van der Waals surface area (Å²) in [4.78, 5) is 14.2. The molecule has 1 aromatic carbocycles. The van der Waals surface area contributed by atoms with Crippen molar-refractivity contribution in [2.45, 2.75) is 23.1 Å². The molecule has 1 fully saturated rings. The standard InChI is InChI=1S/C13H16Cl3N3O2S/c1-8(2)11-17-19(22-13(14,15)16)12(20)18(11)9-4-6-10(21-3)7-5-9/h4-8,11,17H,1-3H3. The number of hydrogen-bond acceptors (Lipinski definition) is 4. The Kier molecular flexibility index (Phi) is 5.61. The number of carbonyl (C=O) groups excluding carboxylic acids is 1. The number of carbonyl (C=O) groups is 1. The van der Waals surface area contributed by atoms with Crippen LogP contribution < -0.4 is 15.1 Å². The van der Waals surface area contributed by atoms with Crippen molar-refractivity contribution < 1.29 is 9.53 Å². The number of nitrogens with zero attached hydrogens (tertiary/aromatic N) is 2. The summed E-state index contributed by atoms with van der Waals surface area (Å²) >= 11 is 18.1. The minimum absolute atomic E-state index is 0.159. The molecule has 0 bridgehead atoms. The average molecular weight is 385 g/mol. The molecule has 1 unspecified atom stereocenters. The van der Waals surface area contributed by atoms with E-state index in [2.05, 4.69) is 5.43 Å². The van der Waals surface area contributed by atoms with E-state index in [0.717, 1.165) is 23.4 Å². The summed E-state index contributed by atoms with van der Waals surface area (Å²) in [6.45, 7) is 4.01. The zero-order valence-corrected chi connectivity index (χ0v) is 15.3. The Bertz CT molecular complexity index is 536. The third kappa shape index (κ3) is 4.06. The van der Waals surface area contributed by atoms with E-state index in [1.165, 1.54) is 4.41 Å². The molecule has 2 amide bonds. The van der Waals surface area contributed by atoms with Crippen molar-refractivity contribution >= 4 is 58.5 Å². The van der Waals surface area contributed by atoms with Crippen LogP contribution >= 0.6 is 46.8 Å². The van der Waals surface area contributed by atoms with Gasteiger partial charge < -0.3 is 4.74 Å². The third-order valence-electron chi connectivity index (χ3n) is 3.08. The highest BCUT2D eigenvalue weighted by atomic mass is 35.6. The monoisotopic (exact) mass is 383 g/mol. The number of hydrogen-bond donors (Lipinski definition) is 1. The summed E-state index contributed by atoms with van der Waals surface area (Å²) in [7, 11) is 1.59. The number of methoxy groups -OCH3 is 1. The molecular weight excluding hydrogens is 369 g/mol. The first-order chi connectivity index (χ1) is 10.2. The highest BCUT2D eigenvalue weighted by molar-refractivity contribution is 8.03. The predicted octanol–water partition coefficient (Wildman–Crippen LogP) is 4.40. The van der Waals surface area contributed by atoms with E-state index < -0.39 is 3.12 Å². The Labute approximate surface area is 148 Å². The van der Waals surface area contributed by atoms with Crippen molar-refractivity contribution in [3.63, 3.8) is 0 Å². The molecule has 1 aliphatic rings. The minimum atomic E-state index is -1.62. The second-order valence-electron chi connectivity index (χ2n) is 5.00. The maximum Gasteiger partial charge on any atom is 0.350 e. The molecule has 1 aliphatic heterocycles. The Morgan fingerprint density at radius 3 is 2.32 bits per heavy atom. The van der Waals surface area contributed by atoms with Gasteiger partial charge in [0.15, 0.2) is 0 Å². The van der Waals surface area contributed by atoms with Gasteiger partial charge in [-0.15, -0.1) is 0 Å². The van der Waals surface area contributed by atoms with Crippen molar-refractivity contribution in [1.29, 1.82) is 0 Å². The number of anilines is 1. The summed E-state index contributed by atoms with van der Waals surface area (Å²) in [6, 6.07) is 6.93. The second-order valence-corrected chi connectivity index (χ2v) is 9.11. The molecule has 0 aromatic heterocycles. The van der Waals surface area contributed by atoms with Crippen molar-refractivity contribution in [2.24, 2.45) is 5.92 Å². The van der Waals surface area contributed by atoms with Crippen LogP contribution in [-0.2, 0) is 0 Å². The first kappa shape index (κ1) is 17.8. The Hall–Kier alpha value is -0.530. The van der Waals surface area contributed by atoms with E-state index in [0.29, 0.717) is 0 Å². The number of alkyl halides is 3. The molecule has 1 atom stereocenters. The quantitative estimate of drug-likeness (QED) is 0.617. The van der Waals surface area contributed by atoms with E-state index in [1.54, 1.807) is 24.1 Å². The lowest BCUT2D eigenvalue weighted by Crippen LogP contribution is -2.41. The lowest BCUT2D eigenvalue weighted by molar-refractivity contribution is 0.235. The smallest absolute Gasteiger partial charge is 0.350 e. The van der Waals surface area contributed by atoms with Gasteiger partial charge in [-0.05, 0) is 30.2 Å². The predicted molar refractivity (Wildman–Crippen MR) is 92.4 cm³/mol. The zero-order valence-electron chi connectivity index (χ0n) is 12.2. The highest BCUT2D eigenvalue weighted by Gasteiger charge is 2.43. The van der Waals surface area contributed by atoms with Crippen molar-refractivity contribution in [3.8, 4) is 5.75 Å². The van der Waals surface area contributed by atoms with Gasteiger partial charge in [0.05, 0.1) is 7.11 Å². The van der Waals surface area contributed by atoms with E-state index in [-0.39, 0.29) is 18.1 Å². The zero-order chi connectivity index (χ0) is 16.5. The Morgan fingerprint density at radius 2 is 1.86 bits per heavy atom. The van der Waals surface area contributed by atoms with Crippen LogP contribution in [0.3, 0.4) is 0 Å². The molecule has 1 aromatic rings. The molecule has 1 heterocycles. The second kappa shape index (κ2) is 6.93. The fourth-order valence-corrected chi connectivity index (χ4v) is 3.23. The topological polar surface area (TPSA) is 44.8 Å². The van der Waals surface area contributed by atoms with E-state index in [4.69, 9.17) is 39.5 Å². The van der Waals surface area contributed by atoms with Crippen LogP contribution in [-0.4, -0.2) is 26.8 Å². The van der Waals surface area contributed by atoms with Gasteiger partial charge in [-0.2, -0.15) is 9.84 Å². The van der Waals surface area contributed by atoms with Gasteiger partial charge in [-0.3, -0.25) is 4.90 Å². The summed E-state index contributed by atoms with van der Waals surface area (Å²) in [5.41, 5.74) is 3.80. The number of urea groups is 1. The van der Waals surface area contributed by atoms with Crippen molar-refractivity contribution in [1.82, 2.24) is 9.84 Å². The molecule has 0 saturated carbocycles. The molecule has 5 nitrogen and oxygen atoms in total. The van der Waals surface area contributed by atoms with Crippen LogP contribution in [0, 0.1) is 5.92 Å². The number of halogens is 3. The summed E-state index contributed by atoms with van der Waals surface area (Å²) in [5, 5.41) is 0. The number of amides is 2.